The van der Waals surface area contributed by atoms with Gasteiger partial charge < -0.3 is 5.11 Å². The van der Waals surface area contributed by atoms with Gasteiger partial charge in [-0.25, -0.2) is 4.98 Å². The van der Waals surface area contributed by atoms with E-state index < -0.39 is 0 Å². The molecule has 2 unspecified atom stereocenters. The van der Waals surface area contributed by atoms with Crippen molar-refractivity contribution in [3.8, 4) is 0 Å². The third-order valence-corrected chi connectivity index (χ3v) is 4.20. The zero-order chi connectivity index (χ0) is 10.8. The molecule has 2 rings (SSSR count). The molecule has 15 heavy (non-hydrogen) atoms. The van der Waals surface area contributed by atoms with E-state index in [-0.39, 0.29) is 6.61 Å². The molecule has 0 aromatic carbocycles. The van der Waals surface area contributed by atoms with E-state index in [0.717, 1.165) is 25.2 Å². The Labute approximate surface area is 98.7 Å². The first-order valence-electron chi connectivity index (χ1n) is 5.15. The largest absolute Gasteiger partial charge is 0.396 e. The fourth-order valence-corrected chi connectivity index (χ4v) is 2.88. The van der Waals surface area contributed by atoms with Gasteiger partial charge in [0, 0.05) is 24.6 Å². The quantitative estimate of drug-likeness (QED) is 0.886. The van der Waals surface area contributed by atoms with Gasteiger partial charge in [0.1, 0.15) is 0 Å². The predicted octanol–water partition coefficient (Wildman–Crippen LogP) is 2.00. The molecule has 1 saturated heterocycles. The number of nitrogens with zero attached hydrogens (tertiary/aromatic N) is 2. The zero-order valence-corrected chi connectivity index (χ0v) is 10.3. The van der Waals surface area contributed by atoms with Crippen LogP contribution in [0.2, 0.25) is 4.47 Å². The van der Waals surface area contributed by atoms with E-state index in [2.05, 4.69) is 16.8 Å². The SMILES string of the molecule is CC1C(CO)CCN1Cc1csc(Cl)n1. The summed E-state index contributed by atoms with van der Waals surface area (Å²) < 4.78 is 0.607. The lowest BCUT2D eigenvalue weighted by Crippen LogP contribution is -2.30. The average molecular weight is 247 g/mol. The van der Waals surface area contributed by atoms with E-state index >= 15 is 0 Å². The maximum absolute atomic E-state index is 9.16. The minimum atomic E-state index is 0.287. The van der Waals surface area contributed by atoms with Crippen LogP contribution < -0.4 is 0 Å². The molecule has 1 aromatic rings. The monoisotopic (exact) mass is 246 g/mol. The lowest BCUT2D eigenvalue weighted by atomic mass is 10.0. The first kappa shape index (κ1) is 11.3. The Bertz CT molecular complexity index is 331. The second-order valence-corrected chi connectivity index (χ2v) is 5.47. The third kappa shape index (κ3) is 2.50. The summed E-state index contributed by atoms with van der Waals surface area (Å²) >= 11 is 7.26. The van der Waals surface area contributed by atoms with Crippen molar-refractivity contribution in [2.75, 3.05) is 13.2 Å². The maximum Gasteiger partial charge on any atom is 0.183 e. The molecule has 1 fully saturated rings. The van der Waals surface area contributed by atoms with Gasteiger partial charge in [0.15, 0.2) is 4.47 Å². The van der Waals surface area contributed by atoms with Crippen molar-refractivity contribution in [1.29, 1.82) is 0 Å². The number of hydrogen-bond donors (Lipinski definition) is 1. The molecular formula is C10H15ClN2OS. The highest BCUT2D eigenvalue weighted by Gasteiger charge is 2.30. The summed E-state index contributed by atoms with van der Waals surface area (Å²) in [6.07, 6.45) is 1.08. The van der Waals surface area contributed by atoms with E-state index in [0.29, 0.717) is 16.4 Å². The highest BCUT2D eigenvalue weighted by Crippen LogP contribution is 2.26. The molecule has 0 spiro atoms. The Balaban J connectivity index is 1.96. The summed E-state index contributed by atoms with van der Waals surface area (Å²) in [5.41, 5.74) is 1.04. The lowest BCUT2D eigenvalue weighted by molar-refractivity contribution is 0.172. The van der Waals surface area contributed by atoms with Crippen molar-refractivity contribution in [1.82, 2.24) is 9.88 Å². The molecule has 1 aromatic heterocycles. The Morgan fingerprint density at radius 1 is 1.73 bits per heavy atom. The van der Waals surface area contributed by atoms with Gasteiger partial charge >= 0.3 is 0 Å². The average Bonchev–Trinajstić information content (AvgIpc) is 2.76. The second-order valence-electron chi connectivity index (χ2n) is 4.03. The van der Waals surface area contributed by atoms with E-state index in [1.54, 1.807) is 0 Å². The number of thiazole rings is 1. The molecule has 2 atom stereocenters. The Kier molecular flexibility index (Phi) is 3.61. The molecule has 5 heteroatoms. The third-order valence-electron chi connectivity index (χ3n) is 3.17. The Morgan fingerprint density at radius 2 is 2.53 bits per heavy atom. The molecule has 0 amide bonds. The number of aromatic nitrogens is 1. The van der Waals surface area contributed by atoms with Gasteiger partial charge in [0.25, 0.3) is 0 Å². The lowest BCUT2D eigenvalue weighted by Gasteiger charge is -2.22. The topological polar surface area (TPSA) is 36.4 Å². The highest BCUT2D eigenvalue weighted by atomic mass is 35.5. The van der Waals surface area contributed by atoms with Crippen molar-refractivity contribution in [2.24, 2.45) is 5.92 Å². The molecule has 84 valence electrons. The van der Waals surface area contributed by atoms with Crippen LogP contribution in [0, 0.1) is 5.92 Å². The van der Waals surface area contributed by atoms with Crippen LogP contribution in [0.4, 0.5) is 0 Å². The van der Waals surface area contributed by atoms with Gasteiger partial charge in [0.05, 0.1) is 5.69 Å². The normalized spacial score (nSPS) is 27.4. The van der Waals surface area contributed by atoms with E-state index in [9.17, 15) is 0 Å². The number of rotatable bonds is 3. The molecule has 0 aliphatic carbocycles. The first-order valence-corrected chi connectivity index (χ1v) is 6.41. The van der Waals surface area contributed by atoms with Crippen molar-refractivity contribution >= 4 is 22.9 Å². The Hall–Kier alpha value is -0.160. The maximum atomic E-state index is 9.16. The molecule has 1 N–H and O–H groups in total. The van der Waals surface area contributed by atoms with Gasteiger partial charge in [-0.05, 0) is 25.8 Å². The van der Waals surface area contributed by atoms with Crippen molar-refractivity contribution in [2.45, 2.75) is 25.9 Å². The molecule has 3 nitrogen and oxygen atoms in total. The van der Waals surface area contributed by atoms with Crippen LogP contribution in [0.5, 0.6) is 0 Å². The van der Waals surface area contributed by atoms with Crippen molar-refractivity contribution in [3.05, 3.63) is 15.5 Å². The van der Waals surface area contributed by atoms with Crippen LogP contribution in [0.1, 0.15) is 19.0 Å². The van der Waals surface area contributed by atoms with Crippen LogP contribution in [0.25, 0.3) is 0 Å². The minimum Gasteiger partial charge on any atom is -0.396 e. The van der Waals surface area contributed by atoms with E-state index in [1.165, 1.54) is 11.3 Å². The van der Waals surface area contributed by atoms with Gasteiger partial charge in [-0.15, -0.1) is 11.3 Å². The predicted molar refractivity (Wildman–Crippen MR) is 62.2 cm³/mol. The van der Waals surface area contributed by atoms with Crippen LogP contribution in [-0.2, 0) is 6.54 Å². The van der Waals surface area contributed by atoms with Gasteiger partial charge in [-0.3, -0.25) is 4.90 Å². The summed E-state index contributed by atoms with van der Waals surface area (Å²) in [7, 11) is 0. The van der Waals surface area contributed by atoms with Crippen molar-refractivity contribution in [3.63, 3.8) is 0 Å². The summed E-state index contributed by atoms with van der Waals surface area (Å²) in [5, 5.41) is 11.2. The fourth-order valence-electron chi connectivity index (χ4n) is 2.10. The number of aliphatic hydroxyl groups excluding tert-OH is 1. The standard InChI is InChI=1S/C10H15ClN2OS/c1-7-8(5-14)2-3-13(7)4-9-6-15-10(11)12-9/h6-8,14H,2-5H2,1H3. The number of halogens is 1. The molecule has 0 radical (unpaired) electrons. The summed E-state index contributed by atoms with van der Waals surface area (Å²) in [6.45, 7) is 4.35. The summed E-state index contributed by atoms with van der Waals surface area (Å²) in [5.74, 6) is 0.416. The van der Waals surface area contributed by atoms with Gasteiger partial charge in [-0.2, -0.15) is 0 Å². The molecule has 0 bridgehead atoms. The van der Waals surface area contributed by atoms with Crippen LogP contribution >= 0.6 is 22.9 Å². The molecule has 1 aliphatic rings. The Morgan fingerprint density at radius 3 is 3.07 bits per heavy atom. The first-order chi connectivity index (χ1) is 7.20. The number of likely N-dealkylation sites (tertiary alicyclic amines) is 1. The highest BCUT2D eigenvalue weighted by molar-refractivity contribution is 7.13. The molecule has 0 saturated carbocycles. The summed E-state index contributed by atoms with van der Waals surface area (Å²) in [4.78, 5) is 6.59. The number of hydrogen-bond acceptors (Lipinski definition) is 4. The minimum absolute atomic E-state index is 0.287. The number of aliphatic hydroxyl groups is 1. The molecular weight excluding hydrogens is 232 g/mol. The fraction of sp³-hybridized carbons (Fsp3) is 0.700. The van der Waals surface area contributed by atoms with Gasteiger partial charge in [0.2, 0.25) is 0 Å². The van der Waals surface area contributed by atoms with Gasteiger partial charge in [-0.1, -0.05) is 11.6 Å². The molecule has 2 heterocycles. The zero-order valence-electron chi connectivity index (χ0n) is 8.69. The van der Waals surface area contributed by atoms with E-state index in [1.807, 2.05) is 5.38 Å². The second kappa shape index (κ2) is 4.78. The van der Waals surface area contributed by atoms with E-state index in [4.69, 9.17) is 16.7 Å². The smallest absolute Gasteiger partial charge is 0.183 e. The van der Waals surface area contributed by atoms with Crippen LogP contribution in [-0.4, -0.2) is 34.2 Å². The van der Waals surface area contributed by atoms with Crippen LogP contribution in [0.15, 0.2) is 5.38 Å². The summed E-state index contributed by atoms with van der Waals surface area (Å²) in [6, 6.07) is 0.440. The van der Waals surface area contributed by atoms with Crippen LogP contribution in [0.3, 0.4) is 0 Å². The van der Waals surface area contributed by atoms with Crippen molar-refractivity contribution < 1.29 is 5.11 Å². The molecule has 1 aliphatic heterocycles.